The zero-order valence-corrected chi connectivity index (χ0v) is 22.0. The molecule has 9 nitrogen and oxygen atoms in total. The van der Waals surface area contributed by atoms with Gasteiger partial charge in [-0.2, -0.15) is 0 Å². The van der Waals surface area contributed by atoms with Crippen LogP contribution < -0.4 is 9.80 Å². The van der Waals surface area contributed by atoms with E-state index in [0.29, 0.717) is 50.3 Å². The summed E-state index contributed by atoms with van der Waals surface area (Å²) in [5.74, 6) is -0.478. The smallest absolute Gasteiger partial charge is 0.414 e. The van der Waals surface area contributed by atoms with E-state index in [1.54, 1.807) is 20.8 Å². The number of aliphatic hydroxyl groups excluding tert-OH is 1. The van der Waals surface area contributed by atoms with Crippen molar-refractivity contribution in [2.24, 2.45) is 5.92 Å². The van der Waals surface area contributed by atoms with Crippen LogP contribution in [0.15, 0.2) is 55.1 Å². The van der Waals surface area contributed by atoms with Crippen LogP contribution in [0.1, 0.15) is 36.5 Å². The van der Waals surface area contributed by atoms with Gasteiger partial charge in [-0.25, -0.2) is 4.79 Å². The van der Waals surface area contributed by atoms with Crippen LogP contribution in [0, 0.1) is 5.92 Å². The molecular weight excluding hydrogens is 498 g/mol. The molecule has 4 aliphatic rings. The molecule has 2 saturated heterocycles. The molecule has 0 aromatic heterocycles. The quantitative estimate of drug-likeness (QED) is 0.575. The number of carbonyl (C=O) groups is 3. The fraction of sp³-hybridized carbons (Fsp3) is 0.433. The second-order valence-corrected chi connectivity index (χ2v) is 10.8. The van der Waals surface area contributed by atoms with Crippen molar-refractivity contribution in [1.29, 1.82) is 0 Å². The Kier molecular flexibility index (Phi) is 6.43. The first-order chi connectivity index (χ1) is 18.9. The number of nitrogens with zero attached hydrogens (tertiary/aromatic N) is 3. The lowest BCUT2D eigenvalue weighted by atomic mass is 9.82. The van der Waals surface area contributed by atoms with Gasteiger partial charge in [0.25, 0.3) is 5.91 Å². The number of aliphatic hydroxyl groups is 1. The Bertz CT molecular complexity index is 1340. The topological polar surface area (TPSA) is 99.6 Å². The highest BCUT2D eigenvalue weighted by Crippen LogP contribution is 2.54. The van der Waals surface area contributed by atoms with Crippen LogP contribution in [0.3, 0.4) is 0 Å². The van der Waals surface area contributed by atoms with Crippen molar-refractivity contribution in [2.45, 2.75) is 50.5 Å². The molecule has 4 heterocycles. The molecule has 9 heteroatoms. The number of amides is 3. The number of hydrogen-bond donors (Lipinski definition) is 1. The Morgan fingerprint density at radius 1 is 1.21 bits per heavy atom. The first-order valence-corrected chi connectivity index (χ1v) is 13.5. The molecule has 2 aromatic carbocycles. The summed E-state index contributed by atoms with van der Waals surface area (Å²) in [7, 11) is 0. The number of anilines is 2. The minimum absolute atomic E-state index is 0.0972. The van der Waals surface area contributed by atoms with Crippen molar-refractivity contribution in [3.05, 3.63) is 71.8 Å². The summed E-state index contributed by atoms with van der Waals surface area (Å²) >= 11 is 0. The van der Waals surface area contributed by atoms with E-state index in [1.165, 1.54) is 0 Å². The summed E-state index contributed by atoms with van der Waals surface area (Å²) in [5, 5.41) is 10.0. The lowest BCUT2D eigenvalue weighted by Crippen LogP contribution is -2.47. The van der Waals surface area contributed by atoms with Crippen LogP contribution in [0.2, 0.25) is 0 Å². The minimum atomic E-state index is -1.26. The third-order valence-corrected chi connectivity index (χ3v) is 8.57. The standard InChI is InChI=1S/C30H33N3O6/c1-3-10-32-26-9-8-22(31-11-12-38-29(31)37)15-25(26)30(28(32)36)19(2)13-24(39-30)16-27(35)33-17-21-7-5-4-6-20(21)14-23(33)18-34/h3-9,15,19,23-24,34H,1,10-14,16-18H2,2H3/t19-,23+,24-,30+/m1/s1. The summed E-state index contributed by atoms with van der Waals surface area (Å²) in [6.07, 6.45) is 2.05. The van der Waals surface area contributed by atoms with E-state index >= 15 is 0 Å². The lowest BCUT2D eigenvalue weighted by molar-refractivity contribution is -0.150. The maximum absolute atomic E-state index is 14.0. The van der Waals surface area contributed by atoms with E-state index in [-0.39, 0.29) is 36.8 Å². The van der Waals surface area contributed by atoms with E-state index in [4.69, 9.17) is 9.47 Å². The molecule has 3 amide bonds. The Labute approximate surface area is 227 Å². The van der Waals surface area contributed by atoms with Gasteiger partial charge in [0.2, 0.25) is 5.91 Å². The van der Waals surface area contributed by atoms with E-state index in [0.717, 1.165) is 16.8 Å². The maximum atomic E-state index is 14.0. The van der Waals surface area contributed by atoms with E-state index < -0.39 is 17.8 Å². The highest BCUT2D eigenvalue weighted by molar-refractivity contribution is 6.08. The van der Waals surface area contributed by atoms with Crippen molar-refractivity contribution in [2.75, 3.05) is 36.1 Å². The zero-order valence-electron chi connectivity index (χ0n) is 22.0. The maximum Gasteiger partial charge on any atom is 0.414 e. The molecule has 0 unspecified atom stereocenters. The molecule has 1 N–H and O–H groups in total. The summed E-state index contributed by atoms with van der Waals surface area (Å²) in [6, 6.07) is 13.2. The minimum Gasteiger partial charge on any atom is -0.447 e. The van der Waals surface area contributed by atoms with Gasteiger partial charge >= 0.3 is 6.09 Å². The third-order valence-electron chi connectivity index (χ3n) is 8.57. The second kappa shape index (κ2) is 9.81. The van der Waals surface area contributed by atoms with E-state index in [1.807, 2.05) is 49.4 Å². The van der Waals surface area contributed by atoms with Gasteiger partial charge in [-0.05, 0) is 42.2 Å². The number of fused-ring (bicyclic) bond motifs is 3. The van der Waals surface area contributed by atoms with Gasteiger partial charge in [0.15, 0.2) is 5.60 Å². The normalized spacial score (nSPS) is 27.6. The zero-order chi connectivity index (χ0) is 27.3. The van der Waals surface area contributed by atoms with Crippen molar-refractivity contribution in [3.63, 3.8) is 0 Å². The lowest BCUT2D eigenvalue weighted by Gasteiger charge is -2.36. The highest BCUT2D eigenvalue weighted by atomic mass is 16.6. The average molecular weight is 532 g/mol. The fourth-order valence-corrected chi connectivity index (χ4v) is 6.65. The molecule has 0 aliphatic carbocycles. The number of carbonyl (C=O) groups excluding carboxylic acids is 3. The Balaban J connectivity index is 1.28. The Morgan fingerprint density at radius 2 is 2.00 bits per heavy atom. The van der Waals surface area contributed by atoms with Gasteiger partial charge < -0.3 is 24.4 Å². The van der Waals surface area contributed by atoms with Crippen LogP contribution in [-0.4, -0.2) is 66.4 Å². The van der Waals surface area contributed by atoms with Gasteiger partial charge in [-0.3, -0.25) is 14.5 Å². The van der Waals surface area contributed by atoms with Crippen LogP contribution >= 0.6 is 0 Å². The van der Waals surface area contributed by atoms with Crippen molar-refractivity contribution in [1.82, 2.24) is 4.90 Å². The molecule has 0 radical (unpaired) electrons. The average Bonchev–Trinajstić information content (AvgIpc) is 3.58. The van der Waals surface area contributed by atoms with Crippen LogP contribution in [-0.2, 0) is 37.6 Å². The molecule has 4 atom stereocenters. The number of rotatable bonds is 6. The van der Waals surface area contributed by atoms with Crippen molar-refractivity contribution >= 4 is 29.3 Å². The number of benzene rings is 2. The largest absolute Gasteiger partial charge is 0.447 e. The molecule has 1 spiro atoms. The molecule has 4 aliphatic heterocycles. The Morgan fingerprint density at radius 3 is 2.72 bits per heavy atom. The summed E-state index contributed by atoms with van der Waals surface area (Å²) in [6.45, 7) is 7.20. The monoisotopic (exact) mass is 531 g/mol. The highest BCUT2D eigenvalue weighted by Gasteiger charge is 2.60. The SMILES string of the molecule is C=CCN1C(=O)[C@@]2(O[C@@H](CC(=O)N3Cc4ccccc4C[C@H]3CO)C[C@H]2C)c2cc(N3CCOC3=O)ccc21. The van der Waals surface area contributed by atoms with Gasteiger partial charge in [-0.1, -0.05) is 37.3 Å². The summed E-state index contributed by atoms with van der Waals surface area (Å²) in [5.41, 5.74) is 3.06. The van der Waals surface area contributed by atoms with Gasteiger partial charge in [0, 0.05) is 30.3 Å². The van der Waals surface area contributed by atoms with Gasteiger partial charge in [0.1, 0.15) is 6.61 Å². The number of hydrogen-bond acceptors (Lipinski definition) is 6. The third kappa shape index (κ3) is 4.03. The predicted octanol–water partition coefficient (Wildman–Crippen LogP) is 3.13. The van der Waals surface area contributed by atoms with E-state index in [9.17, 15) is 19.5 Å². The van der Waals surface area contributed by atoms with Gasteiger partial charge in [-0.15, -0.1) is 6.58 Å². The molecule has 0 saturated carbocycles. The predicted molar refractivity (Wildman–Crippen MR) is 144 cm³/mol. The van der Waals surface area contributed by atoms with E-state index in [2.05, 4.69) is 6.58 Å². The van der Waals surface area contributed by atoms with Gasteiger partial charge in [0.05, 0.1) is 37.4 Å². The summed E-state index contributed by atoms with van der Waals surface area (Å²) < 4.78 is 11.7. The molecular formula is C30H33N3O6. The molecule has 0 bridgehead atoms. The molecule has 204 valence electrons. The van der Waals surface area contributed by atoms with Crippen molar-refractivity contribution in [3.8, 4) is 0 Å². The van der Waals surface area contributed by atoms with Crippen molar-refractivity contribution < 1.29 is 29.0 Å². The number of cyclic esters (lactones) is 1. The molecule has 2 fully saturated rings. The Hall–Kier alpha value is -3.69. The second-order valence-electron chi connectivity index (χ2n) is 10.8. The molecule has 39 heavy (non-hydrogen) atoms. The fourth-order valence-electron chi connectivity index (χ4n) is 6.65. The van der Waals surface area contributed by atoms with Crippen LogP contribution in [0.4, 0.5) is 16.2 Å². The van der Waals surface area contributed by atoms with Crippen LogP contribution in [0.5, 0.6) is 0 Å². The summed E-state index contributed by atoms with van der Waals surface area (Å²) in [4.78, 5) is 44.8. The molecule has 2 aromatic rings. The first-order valence-electron chi connectivity index (χ1n) is 13.5. The van der Waals surface area contributed by atoms with Crippen LogP contribution in [0.25, 0.3) is 0 Å². The number of ether oxygens (including phenoxy) is 2. The molecule has 6 rings (SSSR count). The first kappa shape index (κ1) is 25.6.